The summed E-state index contributed by atoms with van der Waals surface area (Å²) < 4.78 is 5.49. The molecule has 100 valence electrons. The van der Waals surface area contributed by atoms with Crippen LogP contribution in [0.15, 0.2) is 0 Å². The normalized spacial score (nSPS) is 28.6. The van der Waals surface area contributed by atoms with Gasteiger partial charge in [0.05, 0.1) is 0 Å². The summed E-state index contributed by atoms with van der Waals surface area (Å²) in [5.41, 5.74) is 0. The fraction of sp³-hybridized carbons (Fsp3) is 1.00. The second-order valence-corrected chi connectivity index (χ2v) is 5.45. The summed E-state index contributed by atoms with van der Waals surface area (Å²) in [5, 5.41) is 3.71. The Balaban J connectivity index is 1.57. The molecule has 0 aromatic heterocycles. The van der Waals surface area contributed by atoms with Crippen molar-refractivity contribution in [3.05, 3.63) is 0 Å². The molecule has 0 bridgehead atoms. The standard InChI is InChI=1S/C14H28N2O/c1-2-4-10-16(9-3-1)11-8-15-14-6-5-12-17-13-7-14/h14-15H,1-13H2. The number of hydrogen-bond acceptors (Lipinski definition) is 3. The Kier molecular flexibility index (Phi) is 6.32. The van der Waals surface area contributed by atoms with Crippen LogP contribution in [0.4, 0.5) is 0 Å². The van der Waals surface area contributed by atoms with Crippen LogP contribution in [0, 0.1) is 0 Å². The van der Waals surface area contributed by atoms with Crippen LogP contribution in [0.2, 0.25) is 0 Å². The van der Waals surface area contributed by atoms with Gasteiger partial charge < -0.3 is 15.0 Å². The van der Waals surface area contributed by atoms with Gasteiger partial charge in [-0.2, -0.15) is 0 Å². The van der Waals surface area contributed by atoms with Gasteiger partial charge in [-0.1, -0.05) is 12.8 Å². The zero-order valence-corrected chi connectivity index (χ0v) is 11.1. The lowest BCUT2D eigenvalue weighted by molar-refractivity contribution is 0.142. The van der Waals surface area contributed by atoms with Gasteiger partial charge in [0.15, 0.2) is 0 Å². The molecular formula is C14H28N2O. The third kappa shape index (κ3) is 5.36. The number of nitrogens with zero attached hydrogens (tertiary/aromatic N) is 1. The van der Waals surface area contributed by atoms with E-state index in [1.54, 1.807) is 0 Å². The second-order valence-electron chi connectivity index (χ2n) is 5.45. The molecule has 2 aliphatic rings. The van der Waals surface area contributed by atoms with Gasteiger partial charge in [-0.25, -0.2) is 0 Å². The van der Waals surface area contributed by atoms with E-state index in [-0.39, 0.29) is 0 Å². The van der Waals surface area contributed by atoms with Gasteiger partial charge in [-0.15, -0.1) is 0 Å². The zero-order valence-electron chi connectivity index (χ0n) is 11.1. The van der Waals surface area contributed by atoms with Crippen LogP contribution in [0.1, 0.15) is 44.9 Å². The van der Waals surface area contributed by atoms with E-state index in [9.17, 15) is 0 Å². The van der Waals surface area contributed by atoms with Gasteiger partial charge in [-0.05, 0) is 45.2 Å². The largest absolute Gasteiger partial charge is 0.381 e. The SMILES string of the molecule is C1CCCN(CCNC2CCCOCC2)CC1. The average molecular weight is 240 g/mol. The molecule has 2 heterocycles. The number of hydrogen-bond donors (Lipinski definition) is 1. The van der Waals surface area contributed by atoms with Crippen LogP contribution < -0.4 is 5.32 Å². The highest BCUT2D eigenvalue weighted by Gasteiger charge is 2.13. The minimum absolute atomic E-state index is 0.699. The molecule has 0 aromatic carbocycles. The Morgan fingerprint density at radius 2 is 1.76 bits per heavy atom. The topological polar surface area (TPSA) is 24.5 Å². The Bertz CT molecular complexity index is 163. The number of rotatable bonds is 4. The molecule has 0 aromatic rings. The lowest BCUT2D eigenvalue weighted by atomic mass is 10.1. The fourth-order valence-electron chi connectivity index (χ4n) is 2.89. The molecule has 0 spiro atoms. The summed E-state index contributed by atoms with van der Waals surface area (Å²) in [4.78, 5) is 2.63. The highest BCUT2D eigenvalue weighted by Crippen LogP contribution is 2.10. The van der Waals surface area contributed by atoms with Gasteiger partial charge in [0.1, 0.15) is 0 Å². The lowest BCUT2D eigenvalue weighted by Crippen LogP contribution is -2.37. The summed E-state index contributed by atoms with van der Waals surface area (Å²) in [7, 11) is 0. The first-order valence-corrected chi connectivity index (χ1v) is 7.48. The summed E-state index contributed by atoms with van der Waals surface area (Å²) in [6.45, 7) is 6.93. The smallest absolute Gasteiger partial charge is 0.0480 e. The van der Waals surface area contributed by atoms with Gasteiger partial charge >= 0.3 is 0 Å². The van der Waals surface area contributed by atoms with Gasteiger partial charge in [0, 0.05) is 32.3 Å². The van der Waals surface area contributed by atoms with Crippen molar-refractivity contribution in [2.24, 2.45) is 0 Å². The highest BCUT2D eigenvalue weighted by atomic mass is 16.5. The van der Waals surface area contributed by atoms with Crippen LogP contribution >= 0.6 is 0 Å². The van der Waals surface area contributed by atoms with Crippen LogP contribution in [-0.4, -0.2) is 50.3 Å². The molecule has 0 aliphatic carbocycles. The van der Waals surface area contributed by atoms with E-state index in [0.29, 0.717) is 6.04 Å². The predicted molar refractivity (Wildman–Crippen MR) is 71.4 cm³/mol. The molecule has 2 fully saturated rings. The molecule has 17 heavy (non-hydrogen) atoms. The molecule has 0 radical (unpaired) electrons. The minimum Gasteiger partial charge on any atom is -0.381 e. The van der Waals surface area contributed by atoms with Gasteiger partial charge in [0.2, 0.25) is 0 Å². The molecular weight excluding hydrogens is 212 g/mol. The number of ether oxygens (including phenoxy) is 1. The Hall–Kier alpha value is -0.120. The van der Waals surface area contributed by atoms with Crippen molar-refractivity contribution in [1.29, 1.82) is 0 Å². The summed E-state index contributed by atoms with van der Waals surface area (Å²) >= 11 is 0. The third-order valence-electron chi connectivity index (χ3n) is 4.01. The molecule has 2 saturated heterocycles. The first-order valence-electron chi connectivity index (χ1n) is 7.48. The predicted octanol–water partition coefficient (Wildman–Crippen LogP) is 2.02. The molecule has 2 aliphatic heterocycles. The summed E-state index contributed by atoms with van der Waals surface area (Å²) in [5.74, 6) is 0. The molecule has 1 unspecified atom stereocenters. The van der Waals surface area contributed by atoms with Crippen molar-refractivity contribution in [3.8, 4) is 0 Å². The first-order chi connectivity index (χ1) is 8.45. The maximum atomic E-state index is 5.49. The third-order valence-corrected chi connectivity index (χ3v) is 4.01. The molecule has 1 N–H and O–H groups in total. The Morgan fingerprint density at radius 3 is 2.59 bits per heavy atom. The van der Waals surface area contributed by atoms with Crippen LogP contribution in [0.3, 0.4) is 0 Å². The maximum absolute atomic E-state index is 5.49. The molecule has 3 nitrogen and oxygen atoms in total. The Morgan fingerprint density at radius 1 is 0.941 bits per heavy atom. The van der Waals surface area contributed by atoms with Crippen molar-refractivity contribution in [3.63, 3.8) is 0 Å². The van der Waals surface area contributed by atoms with Crippen molar-refractivity contribution < 1.29 is 4.74 Å². The lowest BCUT2D eigenvalue weighted by Gasteiger charge is -2.22. The maximum Gasteiger partial charge on any atom is 0.0480 e. The van der Waals surface area contributed by atoms with E-state index in [1.165, 1.54) is 64.6 Å². The first kappa shape index (κ1) is 13.3. The van der Waals surface area contributed by atoms with Crippen LogP contribution in [-0.2, 0) is 4.74 Å². The van der Waals surface area contributed by atoms with Gasteiger partial charge in [-0.3, -0.25) is 0 Å². The van der Waals surface area contributed by atoms with E-state index in [0.717, 1.165) is 19.8 Å². The highest BCUT2D eigenvalue weighted by molar-refractivity contribution is 4.71. The van der Waals surface area contributed by atoms with Crippen LogP contribution in [0.5, 0.6) is 0 Å². The van der Waals surface area contributed by atoms with Crippen molar-refractivity contribution in [1.82, 2.24) is 10.2 Å². The quantitative estimate of drug-likeness (QED) is 0.813. The van der Waals surface area contributed by atoms with Crippen molar-refractivity contribution in [2.75, 3.05) is 39.4 Å². The number of nitrogens with one attached hydrogen (secondary N) is 1. The van der Waals surface area contributed by atoms with E-state index in [4.69, 9.17) is 4.74 Å². The molecule has 0 saturated carbocycles. The zero-order chi connectivity index (χ0) is 11.8. The minimum atomic E-state index is 0.699. The van der Waals surface area contributed by atoms with Crippen molar-refractivity contribution in [2.45, 2.75) is 51.0 Å². The fourth-order valence-corrected chi connectivity index (χ4v) is 2.89. The van der Waals surface area contributed by atoms with E-state index < -0.39 is 0 Å². The second kappa shape index (κ2) is 8.06. The van der Waals surface area contributed by atoms with Gasteiger partial charge in [0.25, 0.3) is 0 Å². The molecule has 1 atom stereocenters. The average Bonchev–Trinajstić information content (AvgIpc) is 2.73. The molecule has 0 amide bonds. The Labute approximate surface area is 106 Å². The molecule has 2 rings (SSSR count). The van der Waals surface area contributed by atoms with E-state index in [1.807, 2.05) is 0 Å². The molecule has 3 heteroatoms. The van der Waals surface area contributed by atoms with Crippen LogP contribution in [0.25, 0.3) is 0 Å². The van der Waals surface area contributed by atoms with E-state index >= 15 is 0 Å². The number of likely N-dealkylation sites (tertiary alicyclic amines) is 1. The summed E-state index contributed by atoms with van der Waals surface area (Å²) in [6.07, 6.45) is 9.38. The monoisotopic (exact) mass is 240 g/mol. The van der Waals surface area contributed by atoms with Crippen molar-refractivity contribution >= 4 is 0 Å². The summed E-state index contributed by atoms with van der Waals surface area (Å²) in [6, 6.07) is 0.699. The van der Waals surface area contributed by atoms with E-state index in [2.05, 4.69) is 10.2 Å².